The summed E-state index contributed by atoms with van der Waals surface area (Å²) >= 11 is 2.01. The minimum absolute atomic E-state index is 0.494. The van der Waals surface area contributed by atoms with E-state index >= 15 is 0 Å². The molecule has 1 atom stereocenters. The third-order valence-electron chi connectivity index (χ3n) is 5.17. The largest absolute Gasteiger partial charge is 0.305 e. The molecule has 21 heavy (non-hydrogen) atoms. The Bertz CT molecular complexity index is 434. The number of fused-ring (bicyclic) bond motifs is 1. The van der Waals surface area contributed by atoms with E-state index < -0.39 is 0 Å². The van der Waals surface area contributed by atoms with Crippen molar-refractivity contribution in [1.29, 1.82) is 0 Å². The van der Waals surface area contributed by atoms with Crippen LogP contribution in [0.1, 0.15) is 80.9 Å². The smallest absolute Gasteiger partial charge is 0.110 e. The van der Waals surface area contributed by atoms with Crippen LogP contribution in [0.25, 0.3) is 0 Å². The van der Waals surface area contributed by atoms with E-state index in [1.807, 2.05) is 11.3 Å². The van der Waals surface area contributed by atoms with E-state index in [0.717, 1.165) is 11.8 Å². The van der Waals surface area contributed by atoms with Gasteiger partial charge in [0.25, 0.3) is 0 Å². The maximum Gasteiger partial charge on any atom is 0.110 e. The lowest BCUT2D eigenvalue weighted by molar-refractivity contribution is 0.223. The van der Waals surface area contributed by atoms with E-state index in [9.17, 15) is 0 Å². The van der Waals surface area contributed by atoms with Gasteiger partial charge in [-0.05, 0) is 50.4 Å². The van der Waals surface area contributed by atoms with Crippen molar-refractivity contribution in [3.8, 4) is 0 Å². The molecule has 0 saturated heterocycles. The summed E-state index contributed by atoms with van der Waals surface area (Å²) in [5.41, 5.74) is 1.42. The van der Waals surface area contributed by atoms with Gasteiger partial charge in [0.15, 0.2) is 0 Å². The molecule has 0 bridgehead atoms. The molecule has 3 rings (SSSR count). The fourth-order valence-corrected chi connectivity index (χ4v) is 5.20. The SMILES string of the molecule is CC1CCC(C(NC(C)C)c2nc3c(s2)CCCC3)CC1. The normalized spacial score (nSPS) is 27.6. The Hall–Kier alpha value is -0.410. The molecule has 1 N–H and O–H groups in total. The molecule has 2 nitrogen and oxygen atoms in total. The predicted molar refractivity (Wildman–Crippen MR) is 90.9 cm³/mol. The van der Waals surface area contributed by atoms with E-state index in [4.69, 9.17) is 4.98 Å². The molecule has 0 spiro atoms. The molecule has 2 aliphatic rings. The molecular weight excluding hydrogens is 276 g/mol. The summed E-state index contributed by atoms with van der Waals surface area (Å²) in [7, 11) is 0. The van der Waals surface area contributed by atoms with Crippen molar-refractivity contribution in [1.82, 2.24) is 10.3 Å². The van der Waals surface area contributed by atoms with Crippen LogP contribution in [-0.4, -0.2) is 11.0 Å². The van der Waals surface area contributed by atoms with Crippen molar-refractivity contribution in [3.05, 3.63) is 15.6 Å². The topological polar surface area (TPSA) is 24.9 Å². The lowest BCUT2D eigenvalue weighted by atomic mass is 9.79. The lowest BCUT2D eigenvalue weighted by Gasteiger charge is -2.33. The maximum absolute atomic E-state index is 5.05. The molecule has 2 aliphatic carbocycles. The average Bonchev–Trinajstić information content (AvgIpc) is 2.89. The van der Waals surface area contributed by atoms with Gasteiger partial charge in [-0.2, -0.15) is 0 Å². The van der Waals surface area contributed by atoms with Gasteiger partial charge in [-0.1, -0.05) is 33.6 Å². The molecule has 1 unspecified atom stereocenters. The van der Waals surface area contributed by atoms with Crippen LogP contribution in [0.2, 0.25) is 0 Å². The van der Waals surface area contributed by atoms with Gasteiger partial charge in [-0.15, -0.1) is 11.3 Å². The molecule has 1 fully saturated rings. The van der Waals surface area contributed by atoms with Gasteiger partial charge in [-0.25, -0.2) is 4.98 Å². The molecule has 1 aromatic rings. The highest BCUT2D eigenvalue weighted by atomic mass is 32.1. The molecule has 3 heteroatoms. The highest BCUT2D eigenvalue weighted by Crippen LogP contribution is 2.39. The zero-order valence-electron chi connectivity index (χ0n) is 13.8. The summed E-state index contributed by atoms with van der Waals surface area (Å²) in [6.45, 7) is 6.95. The van der Waals surface area contributed by atoms with Crippen molar-refractivity contribution >= 4 is 11.3 Å². The predicted octanol–water partition coefficient (Wildman–Crippen LogP) is 4.89. The minimum atomic E-state index is 0.494. The summed E-state index contributed by atoms with van der Waals surface area (Å²) in [6, 6.07) is 1.03. The van der Waals surface area contributed by atoms with Gasteiger partial charge >= 0.3 is 0 Å². The summed E-state index contributed by atoms with van der Waals surface area (Å²) in [6.07, 6.45) is 10.7. The van der Waals surface area contributed by atoms with Crippen LogP contribution in [0.15, 0.2) is 0 Å². The molecule has 0 aliphatic heterocycles. The monoisotopic (exact) mass is 306 g/mol. The van der Waals surface area contributed by atoms with Gasteiger partial charge in [0, 0.05) is 10.9 Å². The number of aryl methyl sites for hydroxylation is 2. The van der Waals surface area contributed by atoms with Crippen LogP contribution >= 0.6 is 11.3 Å². The third-order valence-corrected chi connectivity index (χ3v) is 6.41. The van der Waals surface area contributed by atoms with Crippen LogP contribution in [0, 0.1) is 11.8 Å². The Balaban J connectivity index is 1.79. The van der Waals surface area contributed by atoms with Crippen LogP contribution in [0.5, 0.6) is 0 Å². The molecule has 1 saturated carbocycles. The first kappa shape index (κ1) is 15.5. The molecule has 0 aromatic carbocycles. The number of nitrogens with one attached hydrogen (secondary N) is 1. The highest BCUT2D eigenvalue weighted by molar-refractivity contribution is 7.11. The Kier molecular flexibility index (Phi) is 5.00. The maximum atomic E-state index is 5.05. The number of aromatic nitrogens is 1. The van der Waals surface area contributed by atoms with E-state index in [1.54, 1.807) is 4.88 Å². The van der Waals surface area contributed by atoms with Crippen LogP contribution in [0.3, 0.4) is 0 Å². The second-order valence-corrected chi connectivity index (χ2v) is 8.56. The fourth-order valence-electron chi connectivity index (χ4n) is 3.89. The van der Waals surface area contributed by atoms with Crippen LogP contribution in [0.4, 0.5) is 0 Å². The standard InChI is InChI=1S/C18H30N2S/c1-12(2)19-17(14-10-8-13(3)9-11-14)18-20-15-6-4-5-7-16(15)21-18/h12-14,17,19H,4-11H2,1-3H3. The van der Waals surface area contributed by atoms with Crippen molar-refractivity contribution in [2.75, 3.05) is 0 Å². The zero-order chi connectivity index (χ0) is 14.8. The van der Waals surface area contributed by atoms with Gasteiger partial charge < -0.3 is 5.32 Å². The molecule has 1 heterocycles. The Labute approximate surface area is 133 Å². The minimum Gasteiger partial charge on any atom is -0.305 e. The second kappa shape index (κ2) is 6.78. The van der Waals surface area contributed by atoms with Gasteiger partial charge in [0.05, 0.1) is 11.7 Å². The van der Waals surface area contributed by atoms with E-state index in [-0.39, 0.29) is 0 Å². The van der Waals surface area contributed by atoms with Crippen LogP contribution < -0.4 is 5.32 Å². The molecular formula is C18H30N2S. The van der Waals surface area contributed by atoms with Crippen molar-refractivity contribution < 1.29 is 0 Å². The van der Waals surface area contributed by atoms with E-state index in [0.29, 0.717) is 12.1 Å². The second-order valence-electron chi connectivity index (χ2n) is 7.45. The van der Waals surface area contributed by atoms with Crippen molar-refractivity contribution in [2.24, 2.45) is 11.8 Å². The first-order chi connectivity index (χ1) is 10.1. The molecule has 1 aromatic heterocycles. The quantitative estimate of drug-likeness (QED) is 0.857. The number of rotatable bonds is 4. The zero-order valence-corrected chi connectivity index (χ0v) is 14.6. The van der Waals surface area contributed by atoms with Crippen molar-refractivity contribution in [3.63, 3.8) is 0 Å². The fraction of sp³-hybridized carbons (Fsp3) is 0.833. The summed E-state index contributed by atoms with van der Waals surface area (Å²) in [5.74, 6) is 1.71. The summed E-state index contributed by atoms with van der Waals surface area (Å²) < 4.78 is 0. The summed E-state index contributed by atoms with van der Waals surface area (Å²) in [4.78, 5) is 6.63. The Morgan fingerprint density at radius 3 is 2.48 bits per heavy atom. The number of nitrogens with zero attached hydrogens (tertiary/aromatic N) is 1. The first-order valence-corrected chi connectivity index (χ1v) is 9.69. The highest BCUT2D eigenvalue weighted by Gasteiger charge is 2.30. The molecule has 118 valence electrons. The summed E-state index contributed by atoms with van der Waals surface area (Å²) in [5, 5.41) is 5.22. The van der Waals surface area contributed by atoms with Gasteiger partial charge in [-0.3, -0.25) is 0 Å². The van der Waals surface area contributed by atoms with Crippen molar-refractivity contribution in [2.45, 2.75) is 84.2 Å². The third kappa shape index (κ3) is 3.68. The Morgan fingerprint density at radius 1 is 1.10 bits per heavy atom. The van der Waals surface area contributed by atoms with E-state index in [2.05, 4.69) is 26.1 Å². The lowest BCUT2D eigenvalue weighted by Crippen LogP contribution is -2.35. The number of thiazole rings is 1. The average molecular weight is 307 g/mol. The van der Waals surface area contributed by atoms with Gasteiger partial charge in [0.2, 0.25) is 0 Å². The molecule has 0 amide bonds. The molecule has 0 radical (unpaired) electrons. The van der Waals surface area contributed by atoms with E-state index in [1.165, 1.54) is 62.1 Å². The van der Waals surface area contributed by atoms with Gasteiger partial charge in [0.1, 0.15) is 5.01 Å². The first-order valence-electron chi connectivity index (χ1n) is 8.88. The number of hydrogen-bond acceptors (Lipinski definition) is 3. The Morgan fingerprint density at radius 2 is 1.81 bits per heavy atom. The van der Waals surface area contributed by atoms with Crippen LogP contribution in [-0.2, 0) is 12.8 Å². The number of hydrogen-bond donors (Lipinski definition) is 1.